The number of thiophene rings is 1. The number of hydrogen-bond acceptors (Lipinski definition) is 5. The van der Waals surface area contributed by atoms with Crippen molar-refractivity contribution >= 4 is 28.2 Å². The molecule has 0 radical (unpaired) electrons. The van der Waals surface area contributed by atoms with Crippen molar-refractivity contribution in [1.82, 2.24) is 0 Å². The van der Waals surface area contributed by atoms with E-state index in [-0.39, 0.29) is 16.3 Å². The number of anilines is 1. The molecule has 6 nitrogen and oxygen atoms in total. The Kier molecular flexibility index (Phi) is 4.35. The molecule has 0 bridgehead atoms. The van der Waals surface area contributed by atoms with E-state index in [4.69, 9.17) is 9.15 Å². The SMILES string of the molecule is COc1ccc(-c2csc(NC(=O)c3ccco3)c2C(=O)O)cc1. The zero-order chi connectivity index (χ0) is 17.1. The third-order valence-electron chi connectivity index (χ3n) is 3.38. The molecule has 2 aromatic heterocycles. The van der Waals surface area contributed by atoms with Gasteiger partial charge in [-0.3, -0.25) is 4.79 Å². The Balaban J connectivity index is 1.95. The summed E-state index contributed by atoms with van der Waals surface area (Å²) in [5.41, 5.74) is 1.30. The second-order valence-electron chi connectivity index (χ2n) is 4.82. The molecule has 2 heterocycles. The molecular weight excluding hydrogens is 330 g/mol. The average Bonchev–Trinajstić information content (AvgIpc) is 3.24. The van der Waals surface area contributed by atoms with E-state index in [1.165, 1.54) is 12.3 Å². The highest BCUT2D eigenvalue weighted by Crippen LogP contribution is 2.36. The van der Waals surface area contributed by atoms with E-state index in [1.54, 1.807) is 42.8 Å². The van der Waals surface area contributed by atoms with E-state index in [9.17, 15) is 14.7 Å². The van der Waals surface area contributed by atoms with Gasteiger partial charge in [0.15, 0.2) is 5.76 Å². The highest BCUT2D eigenvalue weighted by Gasteiger charge is 2.22. The number of benzene rings is 1. The van der Waals surface area contributed by atoms with Gasteiger partial charge in [0.2, 0.25) is 0 Å². The maximum absolute atomic E-state index is 12.1. The molecule has 3 aromatic rings. The number of furan rings is 1. The number of carbonyl (C=O) groups excluding carboxylic acids is 1. The average molecular weight is 343 g/mol. The number of aromatic carboxylic acids is 1. The Labute approximate surface area is 141 Å². The normalized spacial score (nSPS) is 10.4. The number of nitrogens with one attached hydrogen (secondary N) is 1. The van der Waals surface area contributed by atoms with E-state index >= 15 is 0 Å². The van der Waals surface area contributed by atoms with Gasteiger partial charge in [-0.05, 0) is 29.8 Å². The number of rotatable bonds is 5. The third kappa shape index (κ3) is 3.02. The summed E-state index contributed by atoms with van der Waals surface area (Å²) in [7, 11) is 1.56. The van der Waals surface area contributed by atoms with Crippen LogP contribution in [0.4, 0.5) is 5.00 Å². The molecule has 24 heavy (non-hydrogen) atoms. The Morgan fingerprint density at radius 3 is 2.54 bits per heavy atom. The van der Waals surface area contributed by atoms with E-state index in [0.717, 1.165) is 16.9 Å². The smallest absolute Gasteiger partial charge is 0.339 e. The lowest BCUT2D eigenvalue weighted by atomic mass is 10.0. The lowest BCUT2D eigenvalue weighted by Crippen LogP contribution is -2.12. The van der Waals surface area contributed by atoms with Gasteiger partial charge in [-0.1, -0.05) is 12.1 Å². The van der Waals surface area contributed by atoms with Crippen LogP contribution < -0.4 is 10.1 Å². The molecule has 1 amide bonds. The van der Waals surface area contributed by atoms with Crippen molar-refractivity contribution in [3.8, 4) is 16.9 Å². The highest BCUT2D eigenvalue weighted by atomic mass is 32.1. The molecule has 0 atom stereocenters. The quantitative estimate of drug-likeness (QED) is 0.732. The molecule has 0 saturated heterocycles. The second-order valence-corrected chi connectivity index (χ2v) is 5.70. The molecule has 1 aromatic carbocycles. The Morgan fingerprint density at radius 2 is 1.96 bits per heavy atom. The van der Waals surface area contributed by atoms with Crippen molar-refractivity contribution in [2.75, 3.05) is 12.4 Å². The first kappa shape index (κ1) is 15.8. The fourth-order valence-electron chi connectivity index (χ4n) is 2.22. The summed E-state index contributed by atoms with van der Waals surface area (Å²) in [6, 6.07) is 10.1. The molecule has 0 aliphatic rings. The fraction of sp³-hybridized carbons (Fsp3) is 0.0588. The molecule has 0 aliphatic carbocycles. The largest absolute Gasteiger partial charge is 0.497 e. The molecule has 122 valence electrons. The van der Waals surface area contributed by atoms with Gasteiger partial charge in [0.1, 0.15) is 16.3 Å². The van der Waals surface area contributed by atoms with Crippen LogP contribution in [0.3, 0.4) is 0 Å². The van der Waals surface area contributed by atoms with Gasteiger partial charge in [-0.25, -0.2) is 4.79 Å². The van der Waals surface area contributed by atoms with Crippen molar-refractivity contribution < 1.29 is 23.8 Å². The van der Waals surface area contributed by atoms with Gasteiger partial charge in [-0.2, -0.15) is 0 Å². The number of amides is 1. The first-order valence-corrected chi connectivity index (χ1v) is 7.82. The van der Waals surface area contributed by atoms with Gasteiger partial charge in [0.05, 0.1) is 13.4 Å². The minimum atomic E-state index is -1.11. The highest BCUT2D eigenvalue weighted by molar-refractivity contribution is 7.15. The number of methoxy groups -OCH3 is 1. The number of carboxylic acid groups (broad SMARTS) is 1. The molecule has 3 rings (SSSR count). The lowest BCUT2D eigenvalue weighted by molar-refractivity contribution is 0.0699. The van der Waals surface area contributed by atoms with E-state index in [1.807, 2.05) is 0 Å². The van der Waals surface area contributed by atoms with E-state index in [2.05, 4.69) is 5.32 Å². The zero-order valence-corrected chi connectivity index (χ0v) is 13.4. The van der Waals surface area contributed by atoms with Crippen molar-refractivity contribution in [3.05, 3.63) is 59.4 Å². The standard InChI is InChI=1S/C17H13NO5S/c1-22-11-6-4-10(5-7-11)12-9-24-16(14(12)17(20)21)18-15(19)13-3-2-8-23-13/h2-9H,1H3,(H,18,19)(H,20,21). The van der Waals surface area contributed by atoms with Gasteiger partial charge in [0.25, 0.3) is 5.91 Å². The van der Waals surface area contributed by atoms with Crippen LogP contribution in [0.1, 0.15) is 20.9 Å². The fourth-order valence-corrected chi connectivity index (χ4v) is 3.17. The number of carbonyl (C=O) groups is 2. The summed E-state index contributed by atoms with van der Waals surface area (Å²) in [5, 5.41) is 14.1. The van der Waals surface area contributed by atoms with Crippen LogP contribution in [-0.4, -0.2) is 24.1 Å². The number of carboxylic acids is 1. The summed E-state index contributed by atoms with van der Waals surface area (Å²) >= 11 is 1.15. The van der Waals surface area contributed by atoms with Crippen molar-refractivity contribution in [3.63, 3.8) is 0 Å². The molecule has 0 fully saturated rings. The first-order chi connectivity index (χ1) is 11.6. The molecule has 2 N–H and O–H groups in total. The molecule has 0 spiro atoms. The van der Waals surface area contributed by atoms with Crippen LogP contribution in [0.25, 0.3) is 11.1 Å². The Hall–Kier alpha value is -3.06. The minimum absolute atomic E-state index is 0.0464. The van der Waals surface area contributed by atoms with Crippen molar-refractivity contribution in [1.29, 1.82) is 0 Å². The van der Waals surface area contributed by atoms with Crippen LogP contribution >= 0.6 is 11.3 Å². The summed E-state index contributed by atoms with van der Waals surface area (Å²) in [4.78, 5) is 23.7. The van der Waals surface area contributed by atoms with Crippen LogP contribution in [0.5, 0.6) is 5.75 Å². The van der Waals surface area contributed by atoms with Crippen LogP contribution in [0.15, 0.2) is 52.5 Å². The maximum Gasteiger partial charge on any atom is 0.339 e. The van der Waals surface area contributed by atoms with E-state index < -0.39 is 11.9 Å². The monoisotopic (exact) mass is 343 g/mol. The predicted molar refractivity (Wildman–Crippen MR) is 89.9 cm³/mol. The number of ether oxygens (including phenoxy) is 1. The molecule has 0 saturated carbocycles. The van der Waals surface area contributed by atoms with E-state index in [0.29, 0.717) is 11.3 Å². The van der Waals surface area contributed by atoms with Crippen molar-refractivity contribution in [2.24, 2.45) is 0 Å². The lowest BCUT2D eigenvalue weighted by Gasteiger charge is -2.06. The summed E-state index contributed by atoms with van der Waals surface area (Å²) in [5.74, 6) is -0.814. The first-order valence-electron chi connectivity index (χ1n) is 6.94. The third-order valence-corrected chi connectivity index (χ3v) is 4.27. The Bertz CT molecular complexity index is 865. The summed E-state index contributed by atoms with van der Waals surface area (Å²) in [6.45, 7) is 0. The second kappa shape index (κ2) is 6.59. The topological polar surface area (TPSA) is 88.8 Å². The van der Waals surface area contributed by atoms with Crippen LogP contribution in [0.2, 0.25) is 0 Å². The molecule has 7 heteroatoms. The molecule has 0 aliphatic heterocycles. The van der Waals surface area contributed by atoms with Crippen LogP contribution in [-0.2, 0) is 0 Å². The van der Waals surface area contributed by atoms with Gasteiger partial charge >= 0.3 is 5.97 Å². The Morgan fingerprint density at radius 1 is 1.21 bits per heavy atom. The summed E-state index contributed by atoms with van der Waals surface area (Å²) < 4.78 is 10.1. The van der Waals surface area contributed by atoms with Gasteiger partial charge < -0.3 is 19.6 Å². The number of hydrogen-bond donors (Lipinski definition) is 2. The molecule has 0 unspecified atom stereocenters. The predicted octanol–water partition coefficient (Wildman–Crippen LogP) is 3.97. The van der Waals surface area contributed by atoms with Gasteiger partial charge in [-0.15, -0.1) is 11.3 Å². The minimum Gasteiger partial charge on any atom is -0.497 e. The summed E-state index contributed by atoms with van der Waals surface area (Å²) in [6.07, 6.45) is 1.38. The molecular formula is C17H13NO5S. The van der Waals surface area contributed by atoms with Gasteiger partial charge in [0, 0.05) is 10.9 Å². The zero-order valence-electron chi connectivity index (χ0n) is 12.6. The van der Waals surface area contributed by atoms with Crippen LogP contribution in [0, 0.1) is 0 Å². The maximum atomic E-state index is 12.1. The van der Waals surface area contributed by atoms with Crippen molar-refractivity contribution in [2.45, 2.75) is 0 Å².